The molecule has 0 aliphatic carbocycles. The average Bonchev–Trinajstić information content (AvgIpc) is 3.03. The Morgan fingerprint density at radius 2 is 2.20 bits per heavy atom. The highest BCUT2D eigenvalue weighted by molar-refractivity contribution is 6.31. The van der Waals surface area contributed by atoms with Gasteiger partial charge in [0.15, 0.2) is 5.82 Å². The molecule has 0 unspecified atom stereocenters. The summed E-state index contributed by atoms with van der Waals surface area (Å²) in [5.41, 5.74) is 0.932. The van der Waals surface area contributed by atoms with Gasteiger partial charge >= 0.3 is 6.09 Å². The molecule has 1 saturated heterocycles. The van der Waals surface area contributed by atoms with Gasteiger partial charge in [0, 0.05) is 11.4 Å². The molecule has 0 bridgehead atoms. The molecule has 3 rings (SSSR count). The topological polar surface area (TPSA) is 68.5 Å². The van der Waals surface area contributed by atoms with E-state index < -0.39 is 0 Å². The van der Waals surface area contributed by atoms with Gasteiger partial charge in [0.05, 0.1) is 6.54 Å². The molecule has 6 nitrogen and oxygen atoms in total. The molecule has 1 aromatic heterocycles. The van der Waals surface area contributed by atoms with E-state index in [1.807, 2.05) is 24.3 Å². The third kappa shape index (κ3) is 2.75. The maximum atomic E-state index is 11.3. The van der Waals surface area contributed by atoms with Crippen LogP contribution in [0.2, 0.25) is 5.02 Å². The number of carbonyl (C=O) groups excluding carboxylic acids is 1. The lowest BCUT2D eigenvalue weighted by Gasteiger charge is -2.07. The first kappa shape index (κ1) is 12.9. The van der Waals surface area contributed by atoms with E-state index in [1.165, 1.54) is 4.90 Å². The quantitative estimate of drug-likeness (QED) is 0.865. The van der Waals surface area contributed by atoms with Crippen molar-refractivity contribution in [1.82, 2.24) is 15.0 Å². The van der Waals surface area contributed by atoms with Crippen LogP contribution in [0.15, 0.2) is 28.8 Å². The summed E-state index contributed by atoms with van der Waals surface area (Å²) in [6.45, 7) is 1.22. The molecule has 0 radical (unpaired) electrons. The molecule has 1 aliphatic heterocycles. The van der Waals surface area contributed by atoms with Gasteiger partial charge in [-0.15, -0.1) is 0 Å². The number of amides is 1. The Bertz CT molecular complexity index is 629. The van der Waals surface area contributed by atoms with Crippen molar-refractivity contribution in [2.75, 3.05) is 13.2 Å². The molecular formula is C13H12ClN3O3. The molecule has 20 heavy (non-hydrogen) atoms. The van der Waals surface area contributed by atoms with Crippen molar-refractivity contribution in [3.05, 3.63) is 46.6 Å². The van der Waals surface area contributed by atoms with Gasteiger partial charge in [-0.2, -0.15) is 4.98 Å². The van der Waals surface area contributed by atoms with Crippen LogP contribution in [0.3, 0.4) is 0 Å². The number of aromatic nitrogens is 2. The number of cyclic esters (lactones) is 1. The molecule has 1 aromatic carbocycles. The molecule has 0 atom stereocenters. The van der Waals surface area contributed by atoms with Gasteiger partial charge < -0.3 is 9.26 Å². The van der Waals surface area contributed by atoms with Crippen LogP contribution >= 0.6 is 11.6 Å². The largest absolute Gasteiger partial charge is 0.448 e. The molecule has 0 N–H and O–H groups in total. The monoisotopic (exact) mass is 293 g/mol. The Hall–Kier alpha value is -2.08. The average molecular weight is 294 g/mol. The highest BCUT2D eigenvalue weighted by Gasteiger charge is 2.24. The second-order valence-corrected chi connectivity index (χ2v) is 4.82. The van der Waals surface area contributed by atoms with Crippen molar-refractivity contribution in [1.29, 1.82) is 0 Å². The number of nitrogens with zero attached hydrogens (tertiary/aromatic N) is 3. The van der Waals surface area contributed by atoms with Crippen molar-refractivity contribution in [3.63, 3.8) is 0 Å². The van der Waals surface area contributed by atoms with Crippen molar-refractivity contribution in [2.24, 2.45) is 0 Å². The number of rotatable bonds is 4. The highest BCUT2D eigenvalue weighted by Crippen LogP contribution is 2.18. The summed E-state index contributed by atoms with van der Waals surface area (Å²) in [5.74, 6) is 0.937. The zero-order valence-electron chi connectivity index (χ0n) is 10.6. The highest BCUT2D eigenvalue weighted by atomic mass is 35.5. The summed E-state index contributed by atoms with van der Waals surface area (Å²) in [6, 6.07) is 7.50. The zero-order valence-corrected chi connectivity index (χ0v) is 11.3. The molecule has 7 heteroatoms. The van der Waals surface area contributed by atoms with E-state index in [1.54, 1.807) is 0 Å². The first-order valence-electron chi connectivity index (χ1n) is 6.19. The lowest BCUT2D eigenvalue weighted by atomic mass is 10.1. The fraction of sp³-hybridized carbons (Fsp3) is 0.308. The summed E-state index contributed by atoms with van der Waals surface area (Å²) in [6.07, 6.45) is 0.143. The SMILES string of the molecule is O=C1OCCN1Cc1nc(Cc2ccccc2Cl)no1. The molecule has 104 valence electrons. The molecule has 1 fully saturated rings. The number of ether oxygens (including phenoxy) is 1. The van der Waals surface area contributed by atoms with Crippen molar-refractivity contribution in [2.45, 2.75) is 13.0 Å². The zero-order chi connectivity index (χ0) is 13.9. The van der Waals surface area contributed by atoms with E-state index in [9.17, 15) is 4.79 Å². The fourth-order valence-corrected chi connectivity index (χ4v) is 2.17. The summed E-state index contributed by atoms with van der Waals surface area (Å²) in [4.78, 5) is 17.1. The van der Waals surface area contributed by atoms with E-state index in [4.69, 9.17) is 20.9 Å². The molecular weight excluding hydrogens is 282 g/mol. The minimum atomic E-state index is -0.351. The summed E-state index contributed by atoms with van der Waals surface area (Å²) in [5, 5.41) is 4.56. The first-order valence-corrected chi connectivity index (χ1v) is 6.57. The Balaban J connectivity index is 1.68. The van der Waals surface area contributed by atoms with Crippen LogP contribution in [-0.4, -0.2) is 34.3 Å². The Labute approximate surface area is 120 Å². The van der Waals surface area contributed by atoms with Gasteiger partial charge in [0.2, 0.25) is 5.89 Å². The van der Waals surface area contributed by atoms with Crippen LogP contribution in [0.5, 0.6) is 0 Å². The van der Waals surface area contributed by atoms with E-state index in [2.05, 4.69) is 10.1 Å². The van der Waals surface area contributed by atoms with Gasteiger partial charge in [0.25, 0.3) is 0 Å². The number of halogens is 1. The lowest BCUT2D eigenvalue weighted by molar-refractivity contribution is 0.154. The van der Waals surface area contributed by atoms with Crippen molar-refractivity contribution < 1.29 is 14.1 Å². The van der Waals surface area contributed by atoms with E-state index in [0.29, 0.717) is 36.3 Å². The number of hydrogen-bond donors (Lipinski definition) is 0. The van der Waals surface area contributed by atoms with Crippen LogP contribution in [0.4, 0.5) is 4.79 Å². The normalized spacial score (nSPS) is 14.7. The first-order chi connectivity index (χ1) is 9.72. The molecule has 1 aliphatic rings. The number of benzene rings is 1. The predicted molar refractivity (Wildman–Crippen MR) is 70.3 cm³/mol. The Morgan fingerprint density at radius 1 is 1.35 bits per heavy atom. The second-order valence-electron chi connectivity index (χ2n) is 4.41. The number of hydrogen-bond acceptors (Lipinski definition) is 5. The van der Waals surface area contributed by atoms with Crippen molar-refractivity contribution in [3.8, 4) is 0 Å². The van der Waals surface area contributed by atoms with Gasteiger partial charge in [-0.3, -0.25) is 4.90 Å². The minimum absolute atomic E-state index is 0.272. The molecule has 2 heterocycles. The van der Waals surface area contributed by atoms with Gasteiger partial charge in [0.1, 0.15) is 13.2 Å². The van der Waals surface area contributed by atoms with Crippen molar-refractivity contribution >= 4 is 17.7 Å². The molecule has 1 amide bonds. The third-order valence-corrected chi connectivity index (χ3v) is 3.36. The van der Waals surface area contributed by atoms with E-state index in [0.717, 1.165) is 5.56 Å². The van der Waals surface area contributed by atoms with Gasteiger partial charge in [-0.25, -0.2) is 4.79 Å². The lowest BCUT2D eigenvalue weighted by Crippen LogP contribution is -2.23. The van der Waals surface area contributed by atoms with E-state index in [-0.39, 0.29) is 12.6 Å². The number of carbonyl (C=O) groups is 1. The van der Waals surface area contributed by atoms with Gasteiger partial charge in [-0.05, 0) is 11.6 Å². The van der Waals surface area contributed by atoms with Crippen LogP contribution < -0.4 is 0 Å². The Kier molecular flexibility index (Phi) is 3.56. The van der Waals surface area contributed by atoms with Gasteiger partial charge in [-0.1, -0.05) is 35.0 Å². The minimum Gasteiger partial charge on any atom is -0.448 e. The van der Waals surface area contributed by atoms with E-state index >= 15 is 0 Å². The predicted octanol–water partition coefficient (Wildman–Crippen LogP) is 2.27. The van der Waals surface area contributed by atoms with Crippen LogP contribution in [0.1, 0.15) is 17.3 Å². The Morgan fingerprint density at radius 3 is 2.95 bits per heavy atom. The smallest absolute Gasteiger partial charge is 0.410 e. The molecule has 0 spiro atoms. The van der Waals surface area contributed by atoms with Crippen LogP contribution in [0, 0.1) is 0 Å². The summed E-state index contributed by atoms with van der Waals surface area (Å²) < 4.78 is 9.97. The standard InChI is InChI=1S/C13H12ClN3O3/c14-10-4-2-1-3-9(10)7-11-15-12(20-16-11)8-17-5-6-19-13(17)18/h1-4H,5-8H2. The van der Waals surface area contributed by atoms with Crippen LogP contribution in [-0.2, 0) is 17.7 Å². The molecule has 0 saturated carbocycles. The molecule has 2 aromatic rings. The third-order valence-electron chi connectivity index (χ3n) is 2.99. The maximum Gasteiger partial charge on any atom is 0.410 e. The van der Waals surface area contributed by atoms with Crippen LogP contribution in [0.25, 0.3) is 0 Å². The summed E-state index contributed by atoms with van der Waals surface area (Å²) >= 11 is 6.08. The fourth-order valence-electron chi connectivity index (χ4n) is 1.97. The maximum absolute atomic E-state index is 11.3. The second kappa shape index (κ2) is 5.50. The summed E-state index contributed by atoms with van der Waals surface area (Å²) in [7, 11) is 0.